The van der Waals surface area contributed by atoms with E-state index in [2.05, 4.69) is 0 Å². The minimum absolute atomic E-state index is 0.0234. The van der Waals surface area contributed by atoms with Crippen LogP contribution >= 0.6 is 0 Å². The summed E-state index contributed by atoms with van der Waals surface area (Å²) in [4.78, 5) is 24.1. The van der Waals surface area contributed by atoms with Gasteiger partial charge in [0.25, 0.3) is 0 Å². The molecule has 0 saturated carbocycles. The molecule has 2 rings (SSSR count). The predicted molar refractivity (Wildman–Crippen MR) is 87.7 cm³/mol. The number of rotatable bonds is 6. The first-order chi connectivity index (χ1) is 11.0. The van der Waals surface area contributed by atoms with E-state index in [1.807, 2.05) is 44.2 Å². The van der Waals surface area contributed by atoms with Crippen LogP contribution in [0.2, 0.25) is 0 Å². The molecular formula is C19H20O4. The van der Waals surface area contributed by atoms with Gasteiger partial charge in [-0.2, -0.15) is 0 Å². The number of Topliss-reactive ketones (excluding diaryl/α,β-unsaturated/α-hetero) is 1. The van der Waals surface area contributed by atoms with Gasteiger partial charge >= 0.3 is 5.97 Å². The standard InChI is InChI=1S/C19H20O4/c1-13(2)18(20)15-9-10-17(16(11-15)19(21)22-3)23-12-14-7-5-4-6-8-14/h4-11,13H,12H2,1-3H3. The molecule has 2 aromatic rings. The molecule has 0 atom stereocenters. The molecule has 0 aliphatic carbocycles. The lowest BCUT2D eigenvalue weighted by molar-refractivity contribution is 0.0595. The number of benzene rings is 2. The largest absolute Gasteiger partial charge is 0.488 e. The number of carbonyl (C=O) groups excluding carboxylic acids is 2. The van der Waals surface area contributed by atoms with Crippen molar-refractivity contribution in [3.63, 3.8) is 0 Å². The second-order valence-electron chi connectivity index (χ2n) is 5.50. The molecule has 0 fully saturated rings. The van der Waals surface area contributed by atoms with Crippen LogP contribution in [0.15, 0.2) is 48.5 Å². The summed E-state index contributed by atoms with van der Waals surface area (Å²) in [6, 6.07) is 14.5. The molecule has 2 aromatic carbocycles. The first kappa shape index (κ1) is 16.7. The molecule has 0 unspecified atom stereocenters. The highest BCUT2D eigenvalue weighted by Gasteiger charge is 2.18. The summed E-state index contributed by atoms with van der Waals surface area (Å²) in [7, 11) is 1.31. The lowest BCUT2D eigenvalue weighted by Gasteiger charge is -2.12. The molecule has 23 heavy (non-hydrogen) atoms. The van der Waals surface area contributed by atoms with Gasteiger partial charge in [-0.1, -0.05) is 44.2 Å². The van der Waals surface area contributed by atoms with Gasteiger partial charge in [-0.15, -0.1) is 0 Å². The molecule has 0 aromatic heterocycles. The maximum absolute atomic E-state index is 12.1. The van der Waals surface area contributed by atoms with Crippen LogP contribution in [-0.2, 0) is 11.3 Å². The molecular weight excluding hydrogens is 292 g/mol. The Morgan fingerprint density at radius 2 is 1.74 bits per heavy atom. The fraction of sp³-hybridized carbons (Fsp3) is 0.263. The zero-order valence-corrected chi connectivity index (χ0v) is 13.5. The van der Waals surface area contributed by atoms with Gasteiger partial charge < -0.3 is 9.47 Å². The van der Waals surface area contributed by atoms with E-state index in [1.54, 1.807) is 12.1 Å². The Kier molecular flexibility index (Phi) is 5.52. The van der Waals surface area contributed by atoms with Gasteiger partial charge in [-0.05, 0) is 23.8 Å². The molecule has 4 nitrogen and oxygen atoms in total. The van der Waals surface area contributed by atoms with Crippen molar-refractivity contribution in [1.29, 1.82) is 0 Å². The molecule has 0 aliphatic heterocycles. The van der Waals surface area contributed by atoms with Gasteiger partial charge in [0.2, 0.25) is 0 Å². The third-order valence-electron chi connectivity index (χ3n) is 3.43. The van der Waals surface area contributed by atoms with Crippen LogP contribution < -0.4 is 4.74 Å². The van der Waals surface area contributed by atoms with E-state index >= 15 is 0 Å². The first-order valence-corrected chi connectivity index (χ1v) is 7.46. The van der Waals surface area contributed by atoms with Crippen LogP contribution in [0, 0.1) is 5.92 Å². The normalized spacial score (nSPS) is 10.4. The zero-order chi connectivity index (χ0) is 16.8. The minimum Gasteiger partial charge on any atom is -0.488 e. The average molecular weight is 312 g/mol. The molecule has 0 radical (unpaired) electrons. The van der Waals surface area contributed by atoms with Gasteiger partial charge in [0.1, 0.15) is 17.9 Å². The second kappa shape index (κ2) is 7.58. The smallest absolute Gasteiger partial charge is 0.341 e. The molecule has 4 heteroatoms. The molecule has 0 N–H and O–H groups in total. The number of hydrogen-bond donors (Lipinski definition) is 0. The van der Waals surface area contributed by atoms with Crippen LogP contribution in [0.4, 0.5) is 0 Å². The van der Waals surface area contributed by atoms with Gasteiger partial charge in [0, 0.05) is 11.5 Å². The van der Waals surface area contributed by atoms with Crippen molar-refractivity contribution < 1.29 is 19.1 Å². The van der Waals surface area contributed by atoms with Crippen molar-refractivity contribution in [2.24, 2.45) is 5.92 Å². The van der Waals surface area contributed by atoms with E-state index in [4.69, 9.17) is 9.47 Å². The monoisotopic (exact) mass is 312 g/mol. The third-order valence-corrected chi connectivity index (χ3v) is 3.43. The summed E-state index contributed by atoms with van der Waals surface area (Å²) in [5.41, 5.74) is 1.73. The fourth-order valence-corrected chi connectivity index (χ4v) is 2.15. The summed E-state index contributed by atoms with van der Waals surface area (Å²) >= 11 is 0. The van der Waals surface area contributed by atoms with Gasteiger partial charge in [0.15, 0.2) is 5.78 Å². The maximum Gasteiger partial charge on any atom is 0.341 e. The average Bonchev–Trinajstić information content (AvgIpc) is 2.59. The SMILES string of the molecule is COC(=O)c1cc(C(=O)C(C)C)ccc1OCc1ccccc1. The Bertz CT molecular complexity index is 690. The number of methoxy groups -OCH3 is 1. The van der Waals surface area contributed by atoms with Crippen molar-refractivity contribution in [2.75, 3.05) is 7.11 Å². The van der Waals surface area contributed by atoms with Crippen LogP contribution in [-0.4, -0.2) is 18.9 Å². The van der Waals surface area contributed by atoms with Crippen LogP contribution in [0.1, 0.15) is 40.1 Å². The predicted octanol–water partition coefficient (Wildman–Crippen LogP) is 3.89. The van der Waals surface area contributed by atoms with E-state index in [-0.39, 0.29) is 17.3 Å². The van der Waals surface area contributed by atoms with Crippen molar-refractivity contribution in [3.05, 3.63) is 65.2 Å². The molecule has 0 heterocycles. The molecule has 0 saturated heterocycles. The summed E-state index contributed by atoms with van der Waals surface area (Å²) < 4.78 is 10.5. The summed E-state index contributed by atoms with van der Waals surface area (Å²) in [5, 5.41) is 0. The third kappa shape index (κ3) is 4.19. The number of ether oxygens (including phenoxy) is 2. The molecule has 0 bridgehead atoms. The quantitative estimate of drug-likeness (QED) is 0.600. The van der Waals surface area contributed by atoms with Crippen LogP contribution in [0.3, 0.4) is 0 Å². The molecule has 0 amide bonds. The van der Waals surface area contributed by atoms with Gasteiger partial charge in [0.05, 0.1) is 7.11 Å². The van der Waals surface area contributed by atoms with E-state index < -0.39 is 5.97 Å². The van der Waals surface area contributed by atoms with Crippen LogP contribution in [0.25, 0.3) is 0 Å². The topological polar surface area (TPSA) is 52.6 Å². The number of ketones is 1. The number of esters is 1. The minimum atomic E-state index is -0.522. The Morgan fingerprint density at radius 1 is 1.04 bits per heavy atom. The van der Waals surface area contributed by atoms with Crippen molar-refractivity contribution in [3.8, 4) is 5.75 Å². The van der Waals surface area contributed by atoms with Crippen molar-refractivity contribution >= 4 is 11.8 Å². The summed E-state index contributed by atoms with van der Waals surface area (Å²) in [6.45, 7) is 3.97. The lowest BCUT2D eigenvalue weighted by Crippen LogP contribution is -2.11. The zero-order valence-electron chi connectivity index (χ0n) is 13.5. The molecule has 0 spiro atoms. The maximum atomic E-state index is 12.1. The van der Waals surface area contributed by atoms with Crippen molar-refractivity contribution in [2.45, 2.75) is 20.5 Å². The van der Waals surface area contributed by atoms with E-state index in [1.165, 1.54) is 13.2 Å². The number of carbonyl (C=O) groups is 2. The second-order valence-corrected chi connectivity index (χ2v) is 5.50. The highest BCUT2D eigenvalue weighted by molar-refractivity contribution is 6.01. The Morgan fingerprint density at radius 3 is 2.35 bits per heavy atom. The van der Waals surface area contributed by atoms with E-state index in [0.717, 1.165) is 5.56 Å². The molecule has 120 valence electrons. The summed E-state index contributed by atoms with van der Waals surface area (Å²) in [5.74, 6) is -0.283. The van der Waals surface area contributed by atoms with Crippen molar-refractivity contribution in [1.82, 2.24) is 0 Å². The van der Waals surface area contributed by atoms with Crippen LogP contribution in [0.5, 0.6) is 5.75 Å². The van der Waals surface area contributed by atoms with E-state index in [0.29, 0.717) is 17.9 Å². The van der Waals surface area contributed by atoms with Gasteiger partial charge in [-0.25, -0.2) is 4.79 Å². The molecule has 0 aliphatic rings. The Labute approximate surface area is 136 Å². The lowest BCUT2D eigenvalue weighted by atomic mass is 9.99. The first-order valence-electron chi connectivity index (χ1n) is 7.46. The Hall–Kier alpha value is -2.62. The number of hydrogen-bond acceptors (Lipinski definition) is 4. The fourth-order valence-electron chi connectivity index (χ4n) is 2.15. The summed E-state index contributed by atoms with van der Waals surface area (Å²) in [6.07, 6.45) is 0. The highest BCUT2D eigenvalue weighted by atomic mass is 16.5. The van der Waals surface area contributed by atoms with E-state index in [9.17, 15) is 9.59 Å². The van der Waals surface area contributed by atoms with Gasteiger partial charge in [-0.3, -0.25) is 4.79 Å². The highest BCUT2D eigenvalue weighted by Crippen LogP contribution is 2.24. The Balaban J connectivity index is 2.27.